The predicted molar refractivity (Wildman–Crippen MR) is 54.1 cm³/mol. The largest absolute Gasteiger partial charge is 0.345 e. The van der Waals surface area contributed by atoms with Crippen LogP contribution in [0.2, 0.25) is 0 Å². The minimum absolute atomic E-state index is 0.279. The lowest BCUT2D eigenvalue weighted by atomic mass is 9.96. The Morgan fingerprint density at radius 1 is 1.43 bits per heavy atom. The van der Waals surface area contributed by atoms with Gasteiger partial charge in [0.15, 0.2) is 0 Å². The van der Waals surface area contributed by atoms with Crippen molar-refractivity contribution in [1.82, 2.24) is 9.97 Å². The molecule has 0 fully saturated rings. The molecule has 1 aliphatic carbocycles. The first-order valence-corrected chi connectivity index (χ1v) is 4.90. The van der Waals surface area contributed by atoms with Gasteiger partial charge in [-0.25, -0.2) is 4.79 Å². The van der Waals surface area contributed by atoms with Gasteiger partial charge in [-0.3, -0.25) is 0 Å². The fourth-order valence-electron chi connectivity index (χ4n) is 2.00. The van der Waals surface area contributed by atoms with Gasteiger partial charge in [0.25, 0.3) is 0 Å². The fourth-order valence-corrected chi connectivity index (χ4v) is 2.00. The molecule has 1 heterocycles. The normalized spacial score (nSPS) is 15.6. The van der Waals surface area contributed by atoms with Crippen molar-refractivity contribution < 1.29 is 0 Å². The average molecular weight is 193 g/mol. The van der Waals surface area contributed by atoms with Crippen molar-refractivity contribution >= 4 is 0 Å². The number of nitrogens with one attached hydrogen (secondary N) is 1. The van der Waals surface area contributed by atoms with Gasteiger partial charge in [0, 0.05) is 5.69 Å². The Balaban J connectivity index is 2.66. The molecule has 0 aliphatic heterocycles. The summed E-state index contributed by atoms with van der Waals surface area (Å²) >= 11 is 0. The number of nitrogens with two attached hydrogens (primary N) is 1. The van der Waals surface area contributed by atoms with Crippen molar-refractivity contribution in [3.8, 4) is 0 Å². The van der Waals surface area contributed by atoms with E-state index in [-0.39, 0.29) is 5.69 Å². The van der Waals surface area contributed by atoms with E-state index in [9.17, 15) is 4.79 Å². The number of nitrogens with zero attached hydrogens (tertiary/aromatic N) is 1. The molecule has 0 bridgehead atoms. The maximum atomic E-state index is 11.3. The second-order valence-electron chi connectivity index (χ2n) is 4.42. The summed E-state index contributed by atoms with van der Waals surface area (Å²) in [7, 11) is 0. The lowest BCUT2D eigenvalue weighted by molar-refractivity contribution is 0.524. The number of aryl methyl sites for hydroxylation is 1. The third-order valence-electron chi connectivity index (χ3n) is 2.59. The van der Waals surface area contributed by atoms with Crippen LogP contribution in [0.5, 0.6) is 0 Å². The molecule has 0 radical (unpaired) electrons. The van der Waals surface area contributed by atoms with Crippen LogP contribution in [0.4, 0.5) is 0 Å². The van der Waals surface area contributed by atoms with Gasteiger partial charge in [-0.1, -0.05) is 0 Å². The van der Waals surface area contributed by atoms with Gasteiger partial charge >= 0.3 is 5.69 Å². The van der Waals surface area contributed by atoms with E-state index in [0.29, 0.717) is 0 Å². The number of hydrogen-bond acceptors (Lipinski definition) is 3. The van der Waals surface area contributed by atoms with Crippen molar-refractivity contribution in [2.75, 3.05) is 0 Å². The van der Waals surface area contributed by atoms with E-state index in [1.165, 1.54) is 0 Å². The summed E-state index contributed by atoms with van der Waals surface area (Å²) in [6.07, 6.45) is 3.01. The zero-order chi connectivity index (χ0) is 10.3. The maximum Gasteiger partial charge on any atom is 0.345 e. The van der Waals surface area contributed by atoms with Crippen molar-refractivity contribution in [2.24, 2.45) is 5.73 Å². The van der Waals surface area contributed by atoms with E-state index in [4.69, 9.17) is 5.73 Å². The van der Waals surface area contributed by atoms with Crippen LogP contribution in [0, 0.1) is 0 Å². The highest BCUT2D eigenvalue weighted by atomic mass is 16.1. The molecule has 0 amide bonds. The minimum Gasteiger partial charge on any atom is -0.321 e. The Hall–Kier alpha value is -1.16. The van der Waals surface area contributed by atoms with E-state index >= 15 is 0 Å². The molecular weight excluding hydrogens is 178 g/mol. The molecule has 14 heavy (non-hydrogen) atoms. The summed E-state index contributed by atoms with van der Waals surface area (Å²) in [6, 6.07) is 0. The summed E-state index contributed by atoms with van der Waals surface area (Å²) in [5.41, 5.74) is 8.11. The summed E-state index contributed by atoms with van der Waals surface area (Å²) < 4.78 is 0. The Morgan fingerprint density at radius 2 is 2.14 bits per heavy atom. The summed E-state index contributed by atoms with van der Waals surface area (Å²) in [5.74, 6) is 0. The number of fused-ring (bicyclic) bond motifs is 1. The molecule has 1 aromatic heterocycles. The highest BCUT2D eigenvalue weighted by Gasteiger charge is 2.25. The van der Waals surface area contributed by atoms with Crippen LogP contribution in [0.3, 0.4) is 0 Å². The highest BCUT2D eigenvalue weighted by molar-refractivity contribution is 5.32. The van der Waals surface area contributed by atoms with Crippen molar-refractivity contribution in [1.29, 1.82) is 0 Å². The zero-order valence-electron chi connectivity index (χ0n) is 8.55. The molecule has 0 unspecified atom stereocenters. The van der Waals surface area contributed by atoms with Crippen molar-refractivity contribution in [3.63, 3.8) is 0 Å². The molecule has 1 aromatic rings. The average Bonchev–Trinajstić information content (AvgIpc) is 2.47. The van der Waals surface area contributed by atoms with E-state index in [1.54, 1.807) is 0 Å². The molecule has 4 nitrogen and oxygen atoms in total. The van der Waals surface area contributed by atoms with Gasteiger partial charge in [-0.15, -0.1) is 0 Å². The Bertz CT molecular complexity index is 414. The smallest absolute Gasteiger partial charge is 0.321 e. The standard InChI is InChI=1S/C10H15N3O/c1-10(2,11)8-6-4-3-5-7(6)12-9(14)13-8/h3-5,11H2,1-2H3,(H,12,13,14). The zero-order valence-corrected chi connectivity index (χ0v) is 8.55. The number of H-pyrrole nitrogens is 1. The minimum atomic E-state index is -0.525. The van der Waals surface area contributed by atoms with Crippen LogP contribution < -0.4 is 11.4 Å². The Labute approximate surface area is 82.6 Å². The monoisotopic (exact) mass is 193 g/mol. The van der Waals surface area contributed by atoms with Crippen LogP contribution >= 0.6 is 0 Å². The second kappa shape index (κ2) is 2.92. The van der Waals surface area contributed by atoms with E-state index < -0.39 is 5.54 Å². The highest BCUT2D eigenvalue weighted by Crippen LogP contribution is 2.26. The van der Waals surface area contributed by atoms with Gasteiger partial charge in [-0.05, 0) is 38.7 Å². The molecular formula is C10H15N3O. The second-order valence-corrected chi connectivity index (χ2v) is 4.42. The molecule has 1 aliphatic rings. The molecule has 0 saturated carbocycles. The molecule has 3 N–H and O–H groups in total. The topological polar surface area (TPSA) is 71.8 Å². The maximum absolute atomic E-state index is 11.3. The third-order valence-corrected chi connectivity index (χ3v) is 2.59. The van der Waals surface area contributed by atoms with Crippen LogP contribution in [0.15, 0.2) is 4.79 Å². The van der Waals surface area contributed by atoms with E-state index in [1.807, 2.05) is 13.8 Å². The lowest BCUT2D eigenvalue weighted by Crippen LogP contribution is -2.34. The number of aromatic nitrogens is 2. The molecule has 4 heteroatoms. The summed E-state index contributed by atoms with van der Waals surface area (Å²) in [5, 5.41) is 0. The first-order chi connectivity index (χ1) is 6.48. The van der Waals surface area contributed by atoms with Gasteiger partial charge < -0.3 is 10.7 Å². The number of hydrogen-bond donors (Lipinski definition) is 2. The van der Waals surface area contributed by atoms with Gasteiger partial charge in [0.2, 0.25) is 0 Å². The van der Waals surface area contributed by atoms with Crippen molar-refractivity contribution in [3.05, 3.63) is 27.4 Å². The fraction of sp³-hybridized carbons (Fsp3) is 0.600. The molecule has 0 spiro atoms. The SMILES string of the molecule is CC(C)(N)c1nc(=O)[nH]c2c1CCC2. The molecule has 76 valence electrons. The first kappa shape index (κ1) is 9.40. The van der Waals surface area contributed by atoms with E-state index in [0.717, 1.165) is 36.2 Å². The molecule has 2 rings (SSSR count). The van der Waals surface area contributed by atoms with Crippen molar-refractivity contribution in [2.45, 2.75) is 38.6 Å². The summed E-state index contributed by atoms with van der Waals surface area (Å²) in [6.45, 7) is 3.76. The Morgan fingerprint density at radius 3 is 2.79 bits per heavy atom. The van der Waals surface area contributed by atoms with Crippen LogP contribution in [0.1, 0.15) is 37.2 Å². The predicted octanol–water partition coefficient (Wildman–Crippen LogP) is 0.452. The summed E-state index contributed by atoms with van der Waals surface area (Å²) in [4.78, 5) is 18.0. The van der Waals surface area contributed by atoms with Crippen LogP contribution in [-0.2, 0) is 18.4 Å². The van der Waals surface area contributed by atoms with Gasteiger partial charge in [0.1, 0.15) is 0 Å². The van der Waals surface area contributed by atoms with Crippen LogP contribution in [-0.4, -0.2) is 9.97 Å². The van der Waals surface area contributed by atoms with Gasteiger partial charge in [0.05, 0.1) is 11.2 Å². The van der Waals surface area contributed by atoms with Crippen LogP contribution in [0.25, 0.3) is 0 Å². The van der Waals surface area contributed by atoms with E-state index in [2.05, 4.69) is 9.97 Å². The molecule has 0 saturated heterocycles. The Kier molecular flexibility index (Phi) is 1.96. The number of aromatic amines is 1. The molecule has 0 atom stereocenters. The third kappa shape index (κ3) is 1.46. The lowest BCUT2D eigenvalue weighted by Gasteiger charge is -2.20. The van der Waals surface area contributed by atoms with Gasteiger partial charge in [-0.2, -0.15) is 4.98 Å². The quantitative estimate of drug-likeness (QED) is 0.680. The molecule has 0 aromatic carbocycles. The first-order valence-electron chi connectivity index (χ1n) is 4.90. The number of rotatable bonds is 1.